The number of thioether (sulfide) groups is 1. The highest BCUT2D eigenvalue weighted by Gasteiger charge is 2.20. The lowest BCUT2D eigenvalue weighted by Gasteiger charge is -2.38. The molecule has 0 aliphatic carbocycles. The maximum atomic E-state index is 4.53. The number of hydrogen-bond donors (Lipinski definition) is 1. The molecule has 0 unspecified atom stereocenters. The highest BCUT2D eigenvalue weighted by molar-refractivity contribution is 8.01. The Kier molecular flexibility index (Phi) is 12.2. The van der Waals surface area contributed by atoms with Crippen LogP contribution in [0, 0.1) is 0 Å². The van der Waals surface area contributed by atoms with E-state index in [1.807, 2.05) is 24.7 Å². The number of hydrogen-bond acceptors (Lipinski definition) is 5. The second-order valence-electron chi connectivity index (χ2n) is 8.41. The highest BCUT2D eigenvalue weighted by Crippen LogP contribution is 2.31. The third-order valence-electron chi connectivity index (χ3n) is 5.61. The number of amidine groups is 1. The summed E-state index contributed by atoms with van der Waals surface area (Å²) in [5.41, 5.74) is 4.75. The Labute approximate surface area is 210 Å². The van der Waals surface area contributed by atoms with Crippen molar-refractivity contribution in [2.75, 3.05) is 55.7 Å². The quantitative estimate of drug-likeness (QED) is 0.320. The summed E-state index contributed by atoms with van der Waals surface area (Å²) in [6, 6.07) is 6.77. The van der Waals surface area contributed by atoms with Crippen LogP contribution in [-0.4, -0.2) is 68.8 Å². The van der Waals surface area contributed by atoms with Crippen LogP contribution in [0.2, 0.25) is 0 Å². The van der Waals surface area contributed by atoms with Crippen molar-refractivity contribution in [2.45, 2.75) is 33.6 Å². The Morgan fingerprint density at radius 3 is 2.65 bits per heavy atom. The number of nitrogens with zero attached hydrogens (tertiary/aromatic N) is 5. The Bertz CT molecular complexity index is 921. The van der Waals surface area contributed by atoms with E-state index in [0.717, 1.165) is 49.9 Å². The van der Waals surface area contributed by atoms with Gasteiger partial charge in [0, 0.05) is 44.6 Å². The summed E-state index contributed by atoms with van der Waals surface area (Å²) < 4.78 is 0. The Morgan fingerprint density at radius 1 is 1.21 bits per heavy atom. The molecule has 0 atom stereocenters. The molecule has 0 aromatic heterocycles. The van der Waals surface area contributed by atoms with Crippen LogP contribution in [0.15, 0.2) is 69.1 Å². The van der Waals surface area contributed by atoms with Gasteiger partial charge in [0.1, 0.15) is 12.2 Å². The molecule has 34 heavy (non-hydrogen) atoms. The summed E-state index contributed by atoms with van der Waals surface area (Å²) in [4.78, 5) is 18.0. The molecular formula is C27H40N6S. The van der Waals surface area contributed by atoms with Crippen molar-refractivity contribution in [3.05, 3.63) is 59.7 Å². The van der Waals surface area contributed by atoms with Crippen LogP contribution in [0.25, 0.3) is 0 Å². The van der Waals surface area contributed by atoms with Crippen LogP contribution in [0.4, 0.5) is 11.4 Å². The number of benzene rings is 1. The van der Waals surface area contributed by atoms with Gasteiger partial charge in [0.2, 0.25) is 0 Å². The first-order valence-corrected chi connectivity index (χ1v) is 13.1. The predicted octanol–water partition coefficient (Wildman–Crippen LogP) is 5.83. The van der Waals surface area contributed by atoms with Crippen molar-refractivity contribution in [3.63, 3.8) is 0 Å². The van der Waals surface area contributed by atoms with E-state index >= 15 is 0 Å². The molecule has 6 nitrogen and oxygen atoms in total. The molecule has 1 fully saturated rings. The second kappa shape index (κ2) is 15.2. The molecule has 2 rings (SSSR count). The summed E-state index contributed by atoms with van der Waals surface area (Å²) in [5.74, 6) is 1.51. The topological polar surface area (TPSA) is 55.6 Å². The van der Waals surface area contributed by atoms with Gasteiger partial charge in [0.15, 0.2) is 0 Å². The highest BCUT2D eigenvalue weighted by atomic mass is 32.2. The van der Waals surface area contributed by atoms with Crippen molar-refractivity contribution in [1.82, 2.24) is 4.90 Å². The average Bonchev–Trinajstić information content (AvgIpc) is 2.85. The Balaban J connectivity index is 2.05. The molecule has 1 N–H and O–H groups in total. The van der Waals surface area contributed by atoms with Crippen molar-refractivity contribution in [3.8, 4) is 0 Å². The normalized spacial score (nSPS) is 15.9. The van der Waals surface area contributed by atoms with Gasteiger partial charge in [-0.1, -0.05) is 38.6 Å². The summed E-state index contributed by atoms with van der Waals surface area (Å²) in [5, 5.41) is 5.63. The van der Waals surface area contributed by atoms with Gasteiger partial charge in [-0.2, -0.15) is 0 Å². The third kappa shape index (κ3) is 9.21. The molecule has 1 aromatic carbocycles. The fraction of sp³-hybridized carbons (Fsp3) is 0.444. The molecule has 0 spiro atoms. The van der Waals surface area contributed by atoms with Crippen LogP contribution in [0.3, 0.4) is 0 Å². The van der Waals surface area contributed by atoms with E-state index in [2.05, 4.69) is 81.7 Å². The number of piperazine rings is 1. The van der Waals surface area contributed by atoms with Crippen molar-refractivity contribution in [1.29, 1.82) is 0 Å². The van der Waals surface area contributed by atoms with E-state index in [1.165, 1.54) is 11.3 Å². The molecule has 1 heterocycles. The van der Waals surface area contributed by atoms with E-state index in [0.29, 0.717) is 12.5 Å². The zero-order valence-corrected chi connectivity index (χ0v) is 22.2. The predicted molar refractivity (Wildman–Crippen MR) is 154 cm³/mol. The van der Waals surface area contributed by atoms with E-state index in [-0.39, 0.29) is 0 Å². The van der Waals surface area contributed by atoms with Gasteiger partial charge in [-0.15, -0.1) is 11.8 Å². The van der Waals surface area contributed by atoms with Crippen LogP contribution in [0.1, 0.15) is 39.2 Å². The smallest absolute Gasteiger partial charge is 0.112 e. The molecule has 1 aliphatic heterocycles. The summed E-state index contributed by atoms with van der Waals surface area (Å²) >= 11 is 1.68. The molecule has 1 aromatic rings. The molecule has 184 valence electrons. The number of aliphatic imine (C=N–C) groups is 3. The van der Waals surface area contributed by atoms with E-state index in [4.69, 9.17) is 0 Å². The van der Waals surface area contributed by atoms with Crippen LogP contribution >= 0.6 is 11.8 Å². The molecule has 0 saturated carbocycles. The van der Waals surface area contributed by atoms with Gasteiger partial charge in [-0.05, 0) is 55.2 Å². The number of nitrogens with one attached hydrogen (secondary N) is 1. The largest absolute Gasteiger partial charge is 0.380 e. The second-order valence-corrected chi connectivity index (χ2v) is 9.15. The maximum Gasteiger partial charge on any atom is 0.112 e. The Hall–Kier alpha value is -2.80. The van der Waals surface area contributed by atoms with E-state index in [9.17, 15) is 0 Å². The molecule has 1 aliphatic rings. The first-order valence-electron chi connectivity index (χ1n) is 11.9. The fourth-order valence-electron chi connectivity index (χ4n) is 3.57. The van der Waals surface area contributed by atoms with Crippen molar-refractivity contribution < 1.29 is 0 Å². The lowest BCUT2D eigenvalue weighted by atomic mass is 10.0. The zero-order valence-electron chi connectivity index (χ0n) is 21.4. The number of anilines is 2. The molecule has 7 heteroatoms. The van der Waals surface area contributed by atoms with Gasteiger partial charge < -0.3 is 15.1 Å². The molecular weight excluding hydrogens is 440 g/mol. The van der Waals surface area contributed by atoms with Crippen LogP contribution in [-0.2, 0) is 0 Å². The number of allylic oxidation sites excluding steroid dienone is 2. The fourth-order valence-corrected chi connectivity index (χ4v) is 3.85. The van der Waals surface area contributed by atoms with Crippen LogP contribution in [0.5, 0.6) is 0 Å². The Morgan fingerprint density at radius 2 is 1.97 bits per heavy atom. The minimum Gasteiger partial charge on any atom is -0.380 e. The van der Waals surface area contributed by atoms with E-state index in [1.54, 1.807) is 30.4 Å². The summed E-state index contributed by atoms with van der Waals surface area (Å²) in [6.45, 7) is 17.4. The first-order chi connectivity index (χ1) is 16.5. The molecule has 0 radical (unpaired) electrons. The minimum atomic E-state index is 0.490. The van der Waals surface area contributed by atoms with Gasteiger partial charge in [0.25, 0.3) is 0 Å². The maximum absolute atomic E-state index is 4.53. The van der Waals surface area contributed by atoms with Gasteiger partial charge in [-0.3, -0.25) is 9.98 Å². The molecule has 1 saturated heterocycles. The average molecular weight is 481 g/mol. The van der Waals surface area contributed by atoms with Crippen molar-refractivity contribution in [2.24, 2.45) is 15.0 Å². The third-order valence-corrected chi connectivity index (χ3v) is 6.07. The number of rotatable bonds is 11. The monoisotopic (exact) mass is 480 g/mol. The minimum absolute atomic E-state index is 0.490. The standard InChI is InChI=1S/C27H40N6S/c1-7-12-29-23(4)11-14-30-26-10-9-25(22(2)3)20-27(26)33-17-15-32(16-18-33)24(5)31-21-28-13-8-19-34-6/h7-12,19-22,30H,1,13-18H2,2-6H3/b19-8-,23-11+,28-21?,29-12?,31-24?. The molecule has 0 amide bonds. The lowest BCUT2D eigenvalue weighted by Crippen LogP contribution is -2.48. The molecule has 0 bridgehead atoms. The van der Waals surface area contributed by atoms with Crippen LogP contribution < -0.4 is 10.2 Å². The SMILES string of the molecule is C=CC=N/C(C)=C/CNc1ccc(C(C)C)cc1N1CCN(C(C)=NC=NC/C=C\SC)CC1. The lowest BCUT2D eigenvalue weighted by molar-refractivity contribution is 0.384. The zero-order chi connectivity index (χ0) is 24.8. The first kappa shape index (κ1) is 27.4. The van der Waals surface area contributed by atoms with Crippen molar-refractivity contribution >= 4 is 41.5 Å². The summed E-state index contributed by atoms with van der Waals surface area (Å²) in [7, 11) is 0. The van der Waals surface area contributed by atoms with Gasteiger partial charge in [-0.25, -0.2) is 4.99 Å². The van der Waals surface area contributed by atoms with Gasteiger partial charge in [0.05, 0.1) is 17.9 Å². The summed E-state index contributed by atoms with van der Waals surface area (Å²) in [6.07, 6.45) is 11.3. The van der Waals surface area contributed by atoms with E-state index < -0.39 is 0 Å². The van der Waals surface area contributed by atoms with Gasteiger partial charge >= 0.3 is 0 Å².